The first-order chi connectivity index (χ1) is 8.83. The molecular weight excluding hydrogens is 226 g/mol. The molecule has 0 aromatic carbocycles. The summed E-state index contributed by atoms with van der Waals surface area (Å²) in [5.41, 5.74) is 0. The lowest BCUT2D eigenvalue weighted by Crippen LogP contribution is -2.30. The Labute approximate surface area is 109 Å². The molecule has 2 heterocycles. The molecule has 0 spiro atoms. The molecular formula is C13H23N5. The molecule has 1 atom stereocenters. The van der Waals surface area contributed by atoms with Gasteiger partial charge in [-0.2, -0.15) is 4.98 Å². The Morgan fingerprint density at radius 2 is 2.39 bits per heavy atom. The lowest BCUT2D eigenvalue weighted by Gasteiger charge is -2.17. The van der Waals surface area contributed by atoms with Crippen LogP contribution in [-0.2, 0) is 0 Å². The van der Waals surface area contributed by atoms with Crippen molar-refractivity contribution < 1.29 is 0 Å². The Morgan fingerprint density at radius 1 is 1.50 bits per heavy atom. The SMILES string of the molecule is CCCCNc1nccc(N2CCC(NC)C2)n1. The van der Waals surface area contributed by atoms with Gasteiger partial charge in [0.1, 0.15) is 5.82 Å². The number of nitrogens with one attached hydrogen (secondary N) is 2. The zero-order valence-corrected chi connectivity index (χ0v) is 11.3. The van der Waals surface area contributed by atoms with Crippen LogP contribution in [0.4, 0.5) is 11.8 Å². The van der Waals surface area contributed by atoms with Gasteiger partial charge in [-0.1, -0.05) is 13.3 Å². The third-order valence-corrected chi connectivity index (χ3v) is 3.37. The van der Waals surface area contributed by atoms with Gasteiger partial charge in [-0.25, -0.2) is 4.98 Å². The minimum Gasteiger partial charge on any atom is -0.355 e. The minimum absolute atomic E-state index is 0.580. The highest BCUT2D eigenvalue weighted by Gasteiger charge is 2.22. The predicted octanol–water partition coefficient (Wildman–Crippen LogP) is 1.49. The van der Waals surface area contributed by atoms with Crippen LogP contribution in [-0.4, -0.2) is 42.7 Å². The molecule has 1 aliphatic rings. The second-order valence-electron chi connectivity index (χ2n) is 4.74. The van der Waals surface area contributed by atoms with Crippen molar-refractivity contribution in [3.05, 3.63) is 12.3 Å². The van der Waals surface area contributed by atoms with E-state index in [9.17, 15) is 0 Å². The van der Waals surface area contributed by atoms with Crippen molar-refractivity contribution in [1.29, 1.82) is 0 Å². The molecule has 1 unspecified atom stereocenters. The van der Waals surface area contributed by atoms with Crippen LogP contribution in [0.15, 0.2) is 12.3 Å². The number of rotatable bonds is 6. The molecule has 0 bridgehead atoms. The average Bonchev–Trinajstić information content (AvgIpc) is 2.88. The summed E-state index contributed by atoms with van der Waals surface area (Å²) in [6.45, 7) is 5.22. The Bertz CT molecular complexity index is 368. The lowest BCUT2D eigenvalue weighted by atomic mass is 10.3. The summed E-state index contributed by atoms with van der Waals surface area (Å²) in [6, 6.07) is 2.57. The van der Waals surface area contributed by atoms with E-state index in [-0.39, 0.29) is 0 Å². The maximum absolute atomic E-state index is 4.57. The predicted molar refractivity (Wildman–Crippen MR) is 75.1 cm³/mol. The summed E-state index contributed by atoms with van der Waals surface area (Å²) >= 11 is 0. The number of aromatic nitrogens is 2. The van der Waals surface area contributed by atoms with Gasteiger partial charge in [-0.15, -0.1) is 0 Å². The van der Waals surface area contributed by atoms with Crippen LogP contribution in [0.1, 0.15) is 26.2 Å². The van der Waals surface area contributed by atoms with Gasteiger partial charge in [0.25, 0.3) is 0 Å². The molecule has 5 heteroatoms. The normalized spacial score (nSPS) is 19.2. The van der Waals surface area contributed by atoms with E-state index in [1.165, 1.54) is 12.8 Å². The second kappa shape index (κ2) is 6.54. The maximum atomic E-state index is 4.57. The molecule has 1 aromatic rings. The van der Waals surface area contributed by atoms with Crippen LogP contribution in [0.3, 0.4) is 0 Å². The molecule has 2 rings (SSSR count). The topological polar surface area (TPSA) is 53.1 Å². The maximum Gasteiger partial charge on any atom is 0.224 e. The largest absolute Gasteiger partial charge is 0.355 e. The fourth-order valence-electron chi connectivity index (χ4n) is 2.19. The highest BCUT2D eigenvalue weighted by molar-refractivity contribution is 5.43. The van der Waals surface area contributed by atoms with Crippen molar-refractivity contribution in [1.82, 2.24) is 15.3 Å². The van der Waals surface area contributed by atoms with Gasteiger partial charge in [0.15, 0.2) is 0 Å². The summed E-state index contributed by atoms with van der Waals surface area (Å²) in [7, 11) is 2.02. The Hall–Kier alpha value is -1.36. The van der Waals surface area contributed by atoms with Crippen molar-refractivity contribution in [2.75, 3.05) is 36.9 Å². The molecule has 5 nitrogen and oxygen atoms in total. The first-order valence-corrected chi connectivity index (χ1v) is 6.82. The fourth-order valence-corrected chi connectivity index (χ4v) is 2.19. The van der Waals surface area contributed by atoms with E-state index in [1.807, 2.05) is 19.3 Å². The summed E-state index contributed by atoms with van der Waals surface area (Å²) < 4.78 is 0. The summed E-state index contributed by atoms with van der Waals surface area (Å²) in [5, 5.41) is 6.59. The fraction of sp³-hybridized carbons (Fsp3) is 0.692. The molecule has 18 heavy (non-hydrogen) atoms. The molecule has 1 fully saturated rings. The van der Waals surface area contributed by atoms with Gasteiger partial charge >= 0.3 is 0 Å². The molecule has 0 radical (unpaired) electrons. The first-order valence-electron chi connectivity index (χ1n) is 6.82. The Morgan fingerprint density at radius 3 is 3.11 bits per heavy atom. The number of hydrogen-bond acceptors (Lipinski definition) is 5. The van der Waals surface area contributed by atoms with Gasteiger partial charge in [0, 0.05) is 31.9 Å². The van der Waals surface area contributed by atoms with Gasteiger partial charge in [-0.05, 0) is 26.0 Å². The van der Waals surface area contributed by atoms with E-state index in [1.54, 1.807) is 0 Å². The van der Waals surface area contributed by atoms with Crippen molar-refractivity contribution in [3.8, 4) is 0 Å². The third-order valence-electron chi connectivity index (χ3n) is 3.37. The number of nitrogens with zero attached hydrogens (tertiary/aromatic N) is 3. The monoisotopic (exact) mass is 249 g/mol. The van der Waals surface area contributed by atoms with Crippen molar-refractivity contribution >= 4 is 11.8 Å². The van der Waals surface area contributed by atoms with Crippen molar-refractivity contribution in [2.45, 2.75) is 32.2 Å². The van der Waals surface area contributed by atoms with Gasteiger partial charge in [0.05, 0.1) is 0 Å². The lowest BCUT2D eigenvalue weighted by molar-refractivity contribution is 0.616. The molecule has 1 aliphatic heterocycles. The van der Waals surface area contributed by atoms with Crippen LogP contribution < -0.4 is 15.5 Å². The highest BCUT2D eigenvalue weighted by atomic mass is 15.3. The van der Waals surface area contributed by atoms with E-state index in [0.29, 0.717) is 6.04 Å². The Balaban J connectivity index is 1.94. The molecule has 100 valence electrons. The zero-order chi connectivity index (χ0) is 12.8. The van der Waals surface area contributed by atoms with E-state index in [0.717, 1.165) is 37.8 Å². The first kappa shape index (κ1) is 13.1. The van der Waals surface area contributed by atoms with E-state index >= 15 is 0 Å². The molecule has 0 amide bonds. The van der Waals surface area contributed by atoms with E-state index in [2.05, 4.69) is 32.4 Å². The zero-order valence-electron chi connectivity index (χ0n) is 11.3. The third kappa shape index (κ3) is 3.32. The molecule has 2 N–H and O–H groups in total. The molecule has 0 saturated carbocycles. The number of likely N-dealkylation sites (N-methyl/N-ethyl adjacent to an activating group) is 1. The second-order valence-corrected chi connectivity index (χ2v) is 4.74. The van der Waals surface area contributed by atoms with Gasteiger partial charge < -0.3 is 15.5 Å². The average molecular weight is 249 g/mol. The molecule has 1 aromatic heterocycles. The van der Waals surface area contributed by atoms with Crippen LogP contribution >= 0.6 is 0 Å². The number of hydrogen-bond donors (Lipinski definition) is 2. The van der Waals surface area contributed by atoms with Gasteiger partial charge in [0.2, 0.25) is 5.95 Å². The summed E-state index contributed by atoms with van der Waals surface area (Å²) in [6.07, 6.45) is 5.35. The van der Waals surface area contributed by atoms with Crippen LogP contribution in [0.2, 0.25) is 0 Å². The number of anilines is 2. The minimum atomic E-state index is 0.580. The summed E-state index contributed by atoms with van der Waals surface area (Å²) in [4.78, 5) is 11.1. The molecule has 1 saturated heterocycles. The highest BCUT2D eigenvalue weighted by Crippen LogP contribution is 2.18. The molecule has 0 aliphatic carbocycles. The van der Waals surface area contributed by atoms with Crippen LogP contribution in [0.25, 0.3) is 0 Å². The van der Waals surface area contributed by atoms with Crippen LogP contribution in [0.5, 0.6) is 0 Å². The van der Waals surface area contributed by atoms with Gasteiger partial charge in [-0.3, -0.25) is 0 Å². The van der Waals surface area contributed by atoms with Crippen molar-refractivity contribution in [2.24, 2.45) is 0 Å². The standard InChI is InChI=1S/C13H23N5/c1-3-4-7-15-13-16-8-5-12(17-13)18-9-6-11(10-18)14-2/h5,8,11,14H,3-4,6-7,9-10H2,1-2H3,(H,15,16,17). The summed E-state index contributed by atoms with van der Waals surface area (Å²) in [5.74, 6) is 1.77. The smallest absolute Gasteiger partial charge is 0.224 e. The van der Waals surface area contributed by atoms with E-state index < -0.39 is 0 Å². The van der Waals surface area contributed by atoms with Crippen molar-refractivity contribution in [3.63, 3.8) is 0 Å². The van der Waals surface area contributed by atoms with E-state index in [4.69, 9.17) is 0 Å². The number of unbranched alkanes of at least 4 members (excludes halogenated alkanes) is 1. The Kier molecular flexibility index (Phi) is 4.75. The van der Waals surface area contributed by atoms with Crippen LogP contribution in [0, 0.1) is 0 Å². The quantitative estimate of drug-likeness (QED) is 0.748.